The Morgan fingerprint density at radius 2 is 0.351 bits per heavy atom. The highest BCUT2D eigenvalue weighted by atomic mass is 15.2. The van der Waals surface area contributed by atoms with E-state index in [9.17, 15) is 0 Å². The molecule has 0 N–H and O–H groups in total. The molecule has 0 heterocycles. The first-order valence-electron chi connectivity index (χ1n) is 26.3. The lowest BCUT2D eigenvalue weighted by molar-refractivity contribution is 0.768. The zero-order valence-electron chi connectivity index (χ0n) is 42.5. The number of benzene rings is 12. The molecule has 77 heavy (non-hydrogen) atoms. The van der Waals surface area contributed by atoms with Gasteiger partial charge < -0.3 is 19.6 Å². The van der Waals surface area contributed by atoms with Crippen molar-refractivity contribution in [2.45, 2.75) is 5.41 Å². The summed E-state index contributed by atoms with van der Waals surface area (Å²) >= 11 is 0. The van der Waals surface area contributed by atoms with Gasteiger partial charge in [-0.15, -0.1) is 0 Å². The summed E-state index contributed by atoms with van der Waals surface area (Å²) in [7, 11) is 0. The highest BCUT2D eigenvalue weighted by molar-refractivity contribution is 5.92. The van der Waals surface area contributed by atoms with E-state index in [1.165, 1.54) is 22.3 Å². The van der Waals surface area contributed by atoms with Gasteiger partial charge in [-0.1, -0.05) is 194 Å². The lowest BCUT2D eigenvalue weighted by atomic mass is 9.67. The molecule has 0 fully saturated rings. The molecule has 13 rings (SSSR count). The van der Waals surface area contributed by atoms with Crippen LogP contribution in [0.5, 0.6) is 0 Å². The Morgan fingerprint density at radius 1 is 0.169 bits per heavy atom. The van der Waals surface area contributed by atoms with Crippen LogP contribution in [0.3, 0.4) is 0 Å². The van der Waals surface area contributed by atoms with Crippen molar-refractivity contribution >= 4 is 68.2 Å². The molecule has 12 aromatic carbocycles. The zero-order valence-corrected chi connectivity index (χ0v) is 42.5. The minimum Gasteiger partial charge on any atom is -0.310 e. The van der Waals surface area contributed by atoms with E-state index in [-0.39, 0.29) is 0 Å². The Morgan fingerprint density at radius 3 is 0.558 bits per heavy atom. The van der Waals surface area contributed by atoms with Crippen LogP contribution >= 0.6 is 0 Å². The second kappa shape index (κ2) is 20.6. The molecular formula is C73H54N4. The summed E-state index contributed by atoms with van der Waals surface area (Å²) in [5, 5.41) is 0. The summed E-state index contributed by atoms with van der Waals surface area (Å²) in [5.74, 6) is 0. The molecule has 4 nitrogen and oxygen atoms in total. The van der Waals surface area contributed by atoms with E-state index in [1.54, 1.807) is 0 Å². The Hall–Kier alpha value is -10.2. The molecule has 0 saturated carbocycles. The van der Waals surface area contributed by atoms with Crippen LogP contribution in [-0.4, -0.2) is 0 Å². The number of anilines is 12. The van der Waals surface area contributed by atoms with Gasteiger partial charge in [0.25, 0.3) is 0 Å². The number of nitrogens with zero attached hydrogens (tertiary/aromatic N) is 4. The fourth-order valence-electron chi connectivity index (χ4n) is 11.6. The summed E-state index contributed by atoms with van der Waals surface area (Å²) in [6.07, 6.45) is 0. The molecule has 1 aliphatic rings. The van der Waals surface area contributed by atoms with Gasteiger partial charge in [0.2, 0.25) is 0 Å². The van der Waals surface area contributed by atoms with Crippen molar-refractivity contribution in [1.82, 2.24) is 0 Å². The van der Waals surface area contributed by atoms with Crippen LogP contribution in [0.2, 0.25) is 0 Å². The molecule has 0 radical (unpaired) electrons. The average molecular weight is 987 g/mol. The quantitative estimate of drug-likeness (QED) is 0.108. The third-order valence-corrected chi connectivity index (χ3v) is 14.8. The Kier molecular flexibility index (Phi) is 12.5. The lowest BCUT2D eigenvalue weighted by Crippen LogP contribution is -2.30. The molecule has 366 valence electrons. The predicted octanol–water partition coefficient (Wildman–Crippen LogP) is 19.9. The monoisotopic (exact) mass is 986 g/mol. The van der Waals surface area contributed by atoms with Crippen LogP contribution in [0.1, 0.15) is 22.3 Å². The summed E-state index contributed by atoms with van der Waals surface area (Å²) in [6, 6.07) is 119. The first kappa shape index (κ1) is 46.6. The minimum absolute atomic E-state index is 0.890. The smallest absolute Gasteiger partial charge is 0.0716 e. The molecule has 0 aliphatic heterocycles. The molecule has 0 spiro atoms. The molecular weight excluding hydrogens is 933 g/mol. The topological polar surface area (TPSA) is 13.0 Å². The first-order valence-corrected chi connectivity index (χ1v) is 26.3. The molecule has 0 bridgehead atoms. The molecule has 1 aliphatic carbocycles. The molecule has 0 unspecified atom stereocenters. The molecule has 0 saturated heterocycles. The number of rotatable bonds is 14. The van der Waals surface area contributed by atoms with E-state index < -0.39 is 5.41 Å². The van der Waals surface area contributed by atoms with Crippen molar-refractivity contribution in [1.29, 1.82) is 0 Å². The molecule has 0 amide bonds. The zero-order chi connectivity index (χ0) is 51.4. The van der Waals surface area contributed by atoms with Crippen LogP contribution in [0.25, 0.3) is 11.1 Å². The van der Waals surface area contributed by atoms with Crippen molar-refractivity contribution in [2.24, 2.45) is 0 Å². The lowest BCUT2D eigenvalue weighted by Gasteiger charge is -2.38. The Balaban J connectivity index is 1.20. The first-order chi connectivity index (χ1) is 38.2. The van der Waals surface area contributed by atoms with Crippen LogP contribution < -0.4 is 19.6 Å². The second-order valence-electron chi connectivity index (χ2n) is 19.3. The van der Waals surface area contributed by atoms with Gasteiger partial charge in [0.05, 0.1) is 5.41 Å². The molecule has 0 aromatic heterocycles. The SMILES string of the molecule is c1ccc(N(c2ccccc2)c2cc(N(c3ccccc3)c3ccccc3)cc(C3(c4cc(N(c5ccccc5)c5ccccc5)cc(N(c5ccccc5)c5ccccc5)c4)c4ccccc4-c4ccccc43)c2)cc1. The summed E-state index contributed by atoms with van der Waals surface area (Å²) in [6.45, 7) is 0. The second-order valence-corrected chi connectivity index (χ2v) is 19.3. The third-order valence-electron chi connectivity index (χ3n) is 14.8. The number of hydrogen-bond acceptors (Lipinski definition) is 4. The van der Waals surface area contributed by atoms with E-state index in [2.05, 4.69) is 347 Å². The number of hydrogen-bond donors (Lipinski definition) is 0. The fourth-order valence-corrected chi connectivity index (χ4v) is 11.6. The van der Waals surface area contributed by atoms with E-state index in [0.717, 1.165) is 79.4 Å². The Bertz CT molecular complexity index is 3290. The average Bonchev–Trinajstić information content (AvgIpc) is 4.08. The van der Waals surface area contributed by atoms with Gasteiger partial charge in [0, 0.05) is 68.2 Å². The van der Waals surface area contributed by atoms with Gasteiger partial charge in [0.1, 0.15) is 0 Å². The van der Waals surface area contributed by atoms with E-state index in [0.29, 0.717) is 0 Å². The van der Waals surface area contributed by atoms with Crippen molar-refractivity contribution in [3.05, 3.63) is 350 Å². The van der Waals surface area contributed by atoms with Crippen LogP contribution in [0.15, 0.2) is 328 Å². The third kappa shape index (κ3) is 8.68. The molecule has 12 aromatic rings. The molecule has 0 atom stereocenters. The Labute approximate surface area is 451 Å². The summed E-state index contributed by atoms with van der Waals surface area (Å²) in [5.41, 5.74) is 18.7. The maximum Gasteiger partial charge on any atom is 0.0716 e. The predicted molar refractivity (Wildman–Crippen MR) is 322 cm³/mol. The largest absolute Gasteiger partial charge is 0.310 e. The van der Waals surface area contributed by atoms with Crippen molar-refractivity contribution < 1.29 is 0 Å². The number of fused-ring (bicyclic) bond motifs is 3. The number of para-hydroxylation sites is 8. The van der Waals surface area contributed by atoms with Crippen molar-refractivity contribution in [3.8, 4) is 11.1 Å². The normalized spacial score (nSPS) is 12.0. The highest BCUT2D eigenvalue weighted by Crippen LogP contribution is 2.59. The van der Waals surface area contributed by atoms with E-state index in [4.69, 9.17) is 0 Å². The van der Waals surface area contributed by atoms with Gasteiger partial charge in [-0.25, -0.2) is 0 Å². The summed E-state index contributed by atoms with van der Waals surface area (Å²) < 4.78 is 0. The van der Waals surface area contributed by atoms with Crippen LogP contribution in [0.4, 0.5) is 68.2 Å². The molecule has 4 heteroatoms. The maximum absolute atomic E-state index is 2.46. The van der Waals surface area contributed by atoms with Crippen molar-refractivity contribution in [2.75, 3.05) is 19.6 Å². The van der Waals surface area contributed by atoms with Gasteiger partial charge in [-0.05, 0) is 167 Å². The van der Waals surface area contributed by atoms with Crippen molar-refractivity contribution in [3.63, 3.8) is 0 Å². The van der Waals surface area contributed by atoms with Crippen LogP contribution in [0, 0.1) is 0 Å². The maximum atomic E-state index is 2.46. The minimum atomic E-state index is -0.890. The van der Waals surface area contributed by atoms with E-state index >= 15 is 0 Å². The highest BCUT2D eigenvalue weighted by Gasteiger charge is 2.47. The van der Waals surface area contributed by atoms with Gasteiger partial charge in [-0.2, -0.15) is 0 Å². The van der Waals surface area contributed by atoms with E-state index in [1.807, 2.05) is 0 Å². The summed E-state index contributed by atoms with van der Waals surface area (Å²) in [4.78, 5) is 9.62. The van der Waals surface area contributed by atoms with Gasteiger partial charge in [0.15, 0.2) is 0 Å². The van der Waals surface area contributed by atoms with Gasteiger partial charge in [-0.3, -0.25) is 0 Å². The fraction of sp³-hybridized carbons (Fsp3) is 0.0137. The standard InChI is InChI=1S/C73H54N4/c1-9-29-57(30-10-1)74(58-31-11-2-12-32-58)65-49-55(50-66(53-65)75(59-33-13-3-14-34-59)60-35-15-4-16-36-60)73(71-47-27-25-45-69(71)70-46-26-28-48-72(70)73)56-51-67(76(61-37-17-5-18-38-61)62-39-19-6-20-40-62)54-68(52-56)77(63-41-21-7-22-42-63)64-43-23-8-24-44-64/h1-54H. The van der Waals surface area contributed by atoms with Gasteiger partial charge >= 0.3 is 0 Å². The van der Waals surface area contributed by atoms with Crippen LogP contribution in [-0.2, 0) is 5.41 Å².